The van der Waals surface area contributed by atoms with Crippen LogP contribution in [0.4, 0.5) is 8.78 Å². The highest BCUT2D eigenvalue weighted by atomic mass is 79.9. The van der Waals surface area contributed by atoms with Crippen LogP contribution in [-0.2, 0) is 23.1 Å². The van der Waals surface area contributed by atoms with Crippen molar-refractivity contribution in [1.82, 2.24) is 19.9 Å². The molecule has 0 aliphatic rings. The first-order chi connectivity index (χ1) is 15.9. The van der Waals surface area contributed by atoms with Gasteiger partial charge >= 0.3 is 0 Å². The number of aryl methyl sites for hydroxylation is 1. The van der Waals surface area contributed by atoms with E-state index in [4.69, 9.17) is 0 Å². The van der Waals surface area contributed by atoms with Crippen molar-refractivity contribution in [3.8, 4) is 0 Å². The number of nitrogens with one attached hydrogen (secondary N) is 1. The van der Waals surface area contributed by atoms with Crippen molar-refractivity contribution in [2.24, 2.45) is 0 Å². The van der Waals surface area contributed by atoms with Crippen LogP contribution in [0.2, 0.25) is 0 Å². The van der Waals surface area contributed by atoms with Gasteiger partial charge in [0.25, 0.3) is 0 Å². The Bertz CT molecular complexity index is 1270. The van der Waals surface area contributed by atoms with E-state index in [0.717, 1.165) is 17.0 Å². The summed E-state index contributed by atoms with van der Waals surface area (Å²) in [5.74, 6) is -1.21. The van der Waals surface area contributed by atoms with Crippen LogP contribution in [0.25, 0.3) is 11.2 Å². The molecule has 33 heavy (non-hydrogen) atoms. The Balaban J connectivity index is 1.48. The summed E-state index contributed by atoms with van der Waals surface area (Å²) in [5.41, 5.74) is 4.12. The molecular formula is C25H23BrF2N4O. The quantitative estimate of drug-likeness (QED) is 0.319. The normalized spacial score (nSPS) is 12.1. The lowest BCUT2D eigenvalue weighted by atomic mass is 10.1. The van der Waals surface area contributed by atoms with Crippen LogP contribution < -0.4 is 5.32 Å². The lowest BCUT2D eigenvalue weighted by molar-refractivity contribution is -0.121. The maximum absolute atomic E-state index is 13.7. The van der Waals surface area contributed by atoms with Crippen molar-refractivity contribution >= 4 is 33.0 Å². The van der Waals surface area contributed by atoms with Gasteiger partial charge in [0.15, 0.2) is 17.3 Å². The first-order valence-electron chi connectivity index (χ1n) is 10.6. The molecule has 4 aromatic rings. The van der Waals surface area contributed by atoms with Crippen LogP contribution >= 0.6 is 15.9 Å². The van der Waals surface area contributed by atoms with Crippen molar-refractivity contribution in [2.75, 3.05) is 0 Å². The Labute approximate surface area is 199 Å². The molecule has 0 saturated heterocycles. The second kappa shape index (κ2) is 10.2. The molecule has 2 aromatic carbocycles. The van der Waals surface area contributed by atoms with E-state index in [1.807, 2.05) is 41.8 Å². The number of aromatic nitrogens is 3. The van der Waals surface area contributed by atoms with Gasteiger partial charge in [-0.2, -0.15) is 0 Å². The molecule has 2 heterocycles. The highest BCUT2D eigenvalue weighted by Crippen LogP contribution is 2.19. The topological polar surface area (TPSA) is 59.8 Å². The van der Waals surface area contributed by atoms with Crippen molar-refractivity contribution < 1.29 is 13.6 Å². The second-order valence-electron chi connectivity index (χ2n) is 7.87. The fourth-order valence-corrected chi connectivity index (χ4v) is 4.07. The number of amides is 1. The lowest BCUT2D eigenvalue weighted by Gasteiger charge is -2.15. The molecule has 1 N–H and O–H groups in total. The van der Waals surface area contributed by atoms with E-state index in [2.05, 4.69) is 31.2 Å². The zero-order chi connectivity index (χ0) is 23.4. The van der Waals surface area contributed by atoms with Crippen LogP contribution in [0.5, 0.6) is 0 Å². The third-order valence-corrected chi connectivity index (χ3v) is 6.14. The summed E-state index contributed by atoms with van der Waals surface area (Å²) in [6.45, 7) is 2.22. The van der Waals surface area contributed by atoms with Gasteiger partial charge in [-0.3, -0.25) is 4.79 Å². The van der Waals surface area contributed by atoms with Gasteiger partial charge in [-0.1, -0.05) is 46.3 Å². The minimum atomic E-state index is -0.899. The second-order valence-corrected chi connectivity index (χ2v) is 8.43. The Hall–Kier alpha value is -3.13. The highest BCUT2D eigenvalue weighted by molar-refractivity contribution is 9.08. The largest absolute Gasteiger partial charge is 0.350 e. The third-order valence-electron chi connectivity index (χ3n) is 5.49. The third kappa shape index (κ3) is 5.45. The van der Waals surface area contributed by atoms with Crippen LogP contribution in [0.1, 0.15) is 41.9 Å². The Morgan fingerprint density at radius 1 is 1.09 bits per heavy atom. The minimum Gasteiger partial charge on any atom is -0.350 e. The number of nitrogens with zero attached hydrogens (tertiary/aromatic N) is 3. The summed E-state index contributed by atoms with van der Waals surface area (Å²) < 4.78 is 28.9. The molecule has 8 heteroatoms. The fraction of sp³-hybridized carbons (Fsp3) is 0.240. The zero-order valence-corrected chi connectivity index (χ0v) is 19.6. The van der Waals surface area contributed by atoms with E-state index in [1.54, 1.807) is 12.3 Å². The summed E-state index contributed by atoms with van der Waals surface area (Å²) in [6, 6.07) is 15.4. The Kier molecular flexibility index (Phi) is 7.13. The molecule has 0 bridgehead atoms. The molecule has 1 atom stereocenters. The number of fused-ring (bicyclic) bond motifs is 1. The maximum atomic E-state index is 13.7. The van der Waals surface area contributed by atoms with Gasteiger partial charge in [-0.05, 0) is 47.9 Å². The van der Waals surface area contributed by atoms with Gasteiger partial charge in [0, 0.05) is 24.4 Å². The molecule has 0 radical (unpaired) electrons. The number of carbonyl (C=O) groups is 1. The number of halogens is 3. The number of carbonyl (C=O) groups excluding carboxylic acids is 1. The number of imidazole rings is 1. The molecule has 170 valence electrons. The monoisotopic (exact) mass is 512 g/mol. The molecule has 2 aromatic heterocycles. The maximum Gasteiger partial charge on any atom is 0.220 e. The molecule has 1 amide bonds. The van der Waals surface area contributed by atoms with Crippen LogP contribution in [0, 0.1) is 11.6 Å². The van der Waals surface area contributed by atoms with Crippen molar-refractivity contribution in [3.63, 3.8) is 0 Å². The molecule has 0 unspecified atom stereocenters. The van der Waals surface area contributed by atoms with Gasteiger partial charge in [-0.15, -0.1) is 0 Å². The summed E-state index contributed by atoms with van der Waals surface area (Å²) >= 11 is 3.43. The number of pyridine rings is 1. The predicted molar refractivity (Wildman–Crippen MR) is 127 cm³/mol. The molecule has 4 rings (SSSR count). The molecule has 0 saturated carbocycles. The summed E-state index contributed by atoms with van der Waals surface area (Å²) in [6.07, 6.45) is 2.29. The average molecular weight is 513 g/mol. The Morgan fingerprint density at radius 3 is 2.58 bits per heavy atom. The van der Waals surface area contributed by atoms with Crippen LogP contribution in [0.3, 0.4) is 0 Å². The average Bonchev–Trinajstić information content (AvgIpc) is 3.17. The number of rotatable bonds is 8. The molecular weight excluding hydrogens is 490 g/mol. The summed E-state index contributed by atoms with van der Waals surface area (Å²) in [5, 5.41) is 3.81. The van der Waals surface area contributed by atoms with E-state index >= 15 is 0 Å². The smallest absolute Gasteiger partial charge is 0.220 e. The van der Waals surface area contributed by atoms with E-state index in [9.17, 15) is 13.6 Å². The molecule has 5 nitrogen and oxygen atoms in total. The molecule has 0 spiro atoms. The van der Waals surface area contributed by atoms with Gasteiger partial charge in [0.1, 0.15) is 11.3 Å². The molecule has 0 fully saturated rings. The van der Waals surface area contributed by atoms with Crippen molar-refractivity contribution in [1.29, 1.82) is 0 Å². The van der Waals surface area contributed by atoms with Crippen LogP contribution in [-0.4, -0.2) is 20.4 Å². The standard InChI is InChI=1S/C25H23BrF2N4O/c1-16(19-7-4-17(14-26)5-8-19)30-24(33)11-10-23-31-22-3-2-12-29-25(22)32(23)15-18-6-9-20(27)21(28)13-18/h2-9,12-13,16H,10-11,14-15H2,1H3,(H,30,33)/t16-/m0/s1. The fourth-order valence-electron chi connectivity index (χ4n) is 3.70. The van der Waals surface area contributed by atoms with E-state index in [0.29, 0.717) is 29.0 Å². The van der Waals surface area contributed by atoms with Gasteiger partial charge < -0.3 is 9.88 Å². The van der Waals surface area contributed by atoms with Crippen LogP contribution in [0.15, 0.2) is 60.8 Å². The van der Waals surface area contributed by atoms with Gasteiger partial charge in [0.05, 0.1) is 12.6 Å². The first kappa shape index (κ1) is 23.0. The van der Waals surface area contributed by atoms with Crippen molar-refractivity contribution in [2.45, 2.75) is 37.7 Å². The number of hydrogen-bond acceptors (Lipinski definition) is 3. The van der Waals surface area contributed by atoms with Gasteiger partial charge in [0.2, 0.25) is 5.91 Å². The van der Waals surface area contributed by atoms with E-state index in [-0.39, 0.29) is 24.9 Å². The molecule has 0 aliphatic carbocycles. The SMILES string of the molecule is C[C@H](NC(=O)CCc1nc2cccnc2n1Cc1ccc(F)c(F)c1)c1ccc(CBr)cc1. The van der Waals surface area contributed by atoms with Crippen molar-refractivity contribution in [3.05, 3.63) is 94.9 Å². The number of hydrogen-bond donors (Lipinski definition) is 1. The number of benzene rings is 2. The van der Waals surface area contributed by atoms with Gasteiger partial charge in [-0.25, -0.2) is 18.7 Å². The zero-order valence-electron chi connectivity index (χ0n) is 18.1. The summed E-state index contributed by atoms with van der Waals surface area (Å²) in [4.78, 5) is 21.6. The lowest BCUT2D eigenvalue weighted by Crippen LogP contribution is -2.27. The minimum absolute atomic E-state index is 0.0912. The Morgan fingerprint density at radius 2 is 1.85 bits per heavy atom. The first-order valence-corrected chi connectivity index (χ1v) is 11.7. The van der Waals surface area contributed by atoms with E-state index in [1.165, 1.54) is 17.7 Å². The van der Waals surface area contributed by atoms with E-state index < -0.39 is 11.6 Å². The molecule has 0 aliphatic heterocycles. The summed E-state index contributed by atoms with van der Waals surface area (Å²) in [7, 11) is 0. The number of alkyl halides is 1. The highest BCUT2D eigenvalue weighted by Gasteiger charge is 2.16. The predicted octanol–water partition coefficient (Wildman–Crippen LogP) is 5.46.